The molecule has 1 nitrogen and oxygen atoms in total. The van der Waals surface area contributed by atoms with Gasteiger partial charge in [0, 0.05) is 10.5 Å². The van der Waals surface area contributed by atoms with Gasteiger partial charge in [-0.05, 0) is 40.9 Å². The zero-order valence-electron chi connectivity index (χ0n) is 11.4. The van der Waals surface area contributed by atoms with Gasteiger partial charge in [-0.2, -0.15) is 0 Å². The third kappa shape index (κ3) is 2.12. The number of hydrogen-bond acceptors (Lipinski definition) is 1. The number of halogens is 2. The highest BCUT2D eigenvalue weighted by Crippen LogP contribution is 2.69. The fraction of sp³-hybridized carbons (Fsp3) is 0.600. The molecular formula is C15H21BrFN. The van der Waals surface area contributed by atoms with Crippen LogP contribution in [-0.4, -0.2) is 6.04 Å². The van der Waals surface area contributed by atoms with E-state index in [-0.39, 0.29) is 22.7 Å². The van der Waals surface area contributed by atoms with Gasteiger partial charge in [0.2, 0.25) is 0 Å². The van der Waals surface area contributed by atoms with Gasteiger partial charge in [-0.1, -0.05) is 49.7 Å². The minimum atomic E-state index is -0.170. The lowest BCUT2D eigenvalue weighted by molar-refractivity contribution is 0.457. The first kappa shape index (κ1) is 14.0. The minimum absolute atomic E-state index is 0.0191. The van der Waals surface area contributed by atoms with Gasteiger partial charge in [-0.15, -0.1) is 0 Å². The van der Waals surface area contributed by atoms with Crippen molar-refractivity contribution in [2.45, 2.75) is 40.2 Å². The van der Waals surface area contributed by atoms with Gasteiger partial charge < -0.3 is 5.73 Å². The van der Waals surface area contributed by atoms with Crippen molar-refractivity contribution in [3.8, 4) is 0 Å². The van der Waals surface area contributed by atoms with Crippen LogP contribution < -0.4 is 5.73 Å². The zero-order valence-corrected chi connectivity index (χ0v) is 13.0. The van der Waals surface area contributed by atoms with Gasteiger partial charge >= 0.3 is 0 Å². The molecule has 1 fully saturated rings. The molecule has 2 N–H and O–H groups in total. The summed E-state index contributed by atoms with van der Waals surface area (Å²) in [4.78, 5) is 0. The van der Waals surface area contributed by atoms with Crippen molar-refractivity contribution in [1.82, 2.24) is 0 Å². The molecule has 2 rings (SSSR count). The normalized spacial score (nSPS) is 22.8. The standard InChI is InChI=1S/C15H21BrFN/c1-14(2)13(15(14,3)4)12(18)7-9-5-6-10(16)8-11(9)17/h5-6,8,12-13H,7,18H2,1-4H3. The van der Waals surface area contributed by atoms with Crippen LogP contribution in [0.5, 0.6) is 0 Å². The molecule has 18 heavy (non-hydrogen) atoms. The van der Waals surface area contributed by atoms with Crippen LogP contribution in [0.15, 0.2) is 22.7 Å². The molecule has 0 heterocycles. The molecule has 0 saturated heterocycles. The largest absolute Gasteiger partial charge is 0.327 e. The molecule has 0 aliphatic heterocycles. The van der Waals surface area contributed by atoms with Crippen molar-refractivity contribution in [1.29, 1.82) is 0 Å². The Labute approximate surface area is 117 Å². The van der Waals surface area contributed by atoms with Gasteiger partial charge in [-0.25, -0.2) is 4.39 Å². The second kappa shape index (κ2) is 4.31. The Bertz CT molecular complexity index is 454. The van der Waals surface area contributed by atoms with Gasteiger partial charge in [0.1, 0.15) is 5.82 Å². The van der Waals surface area contributed by atoms with Crippen LogP contribution in [-0.2, 0) is 6.42 Å². The van der Waals surface area contributed by atoms with E-state index in [0.29, 0.717) is 17.9 Å². The molecule has 1 aliphatic carbocycles. The zero-order chi connectivity index (χ0) is 13.7. The number of nitrogens with two attached hydrogens (primary N) is 1. The molecule has 3 heteroatoms. The average Bonchev–Trinajstić information content (AvgIpc) is 2.62. The van der Waals surface area contributed by atoms with Crippen LogP contribution in [0.1, 0.15) is 33.3 Å². The van der Waals surface area contributed by atoms with Crippen molar-refractivity contribution in [2.75, 3.05) is 0 Å². The molecule has 1 saturated carbocycles. The molecule has 1 atom stereocenters. The Balaban J connectivity index is 2.12. The van der Waals surface area contributed by atoms with E-state index in [1.54, 1.807) is 0 Å². The Morgan fingerprint density at radius 3 is 2.28 bits per heavy atom. The summed E-state index contributed by atoms with van der Waals surface area (Å²) in [7, 11) is 0. The number of hydrogen-bond donors (Lipinski definition) is 1. The molecule has 0 spiro atoms. The van der Waals surface area contributed by atoms with Crippen LogP contribution in [0.2, 0.25) is 0 Å². The van der Waals surface area contributed by atoms with Crippen molar-refractivity contribution in [3.05, 3.63) is 34.1 Å². The van der Waals surface area contributed by atoms with E-state index in [0.717, 1.165) is 4.47 Å². The lowest BCUT2D eigenvalue weighted by atomic mass is 9.97. The number of benzene rings is 1. The second-order valence-corrected chi connectivity index (χ2v) is 7.44. The predicted octanol–water partition coefficient (Wildman–Crippen LogP) is 4.14. The molecule has 1 aromatic rings. The van der Waals surface area contributed by atoms with Gasteiger partial charge in [0.15, 0.2) is 0 Å². The first-order chi connectivity index (χ1) is 8.18. The Hall–Kier alpha value is -0.410. The average molecular weight is 314 g/mol. The Kier molecular flexibility index (Phi) is 3.35. The molecule has 0 amide bonds. The summed E-state index contributed by atoms with van der Waals surface area (Å²) in [6.45, 7) is 8.98. The monoisotopic (exact) mass is 313 g/mol. The molecular weight excluding hydrogens is 293 g/mol. The minimum Gasteiger partial charge on any atom is -0.327 e. The van der Waals surface area contributed by atoms with Crippen molar-refractivity contribution >= 4 is 15.9 Å². The van der Waals surface area contributed by atoms with Gasteiger partial charge in [0.05, 0.1) is 0 Å². The van der Waals surface area contributed by atoms with E-state index < -0.39 is 0 Å². The summed E-state index contributed by atoms with van der Waals surface area (Å²) in [5.41, 5.74) is 7.50. The topological polar surface area (TPSA) is 26.0 Å². The SMILES string of the molecule is CC1(C)C(C(N)Cc2ccc(Br)cc2F)C1(C)C. The molecule has 1 aliphatic rings. The maximum absolute atomic E-state index is 13.8. The summed E-state index contributed by atoms with van der Waals surface area (Å²) in [5, 5.41) is 0. The second-order valence-electron chi connectivity index (χ2n) is 6.52. The first-order valence-electron chi connectivity index (χ1n) is 6.37. The van der Waals surface area contributed by atoms with E-state index in [4.69, 9.17) is 5.73 Å². The Morgan fingerprint density at radius 1 is 1.28 bits per heavy atom. The van der Waals surface area contributed by atoms with E-state index >= 15 is 0 Å². The maximum atomic E-state index is 13.8. The first-order valence-corrected chi connectivity index (χ1v) is 7.16. The lowest BCUT2D eigenvalue weighted by Crippen LogP contribution is -2.28. The molecule has 1 unspecified atom stereocenters. The van der Waals surface area contributed by atoms with Crippen molar-refractivity contribution in [3.63, 3.8) is 0 Å². The van der Waals surface area contributed by atoms with E-state index in [9.17, 15) is 4.39 Å². The van der Waals surface area contributed by atoms with E-state index in [1.165, 1.54) is 6.07 Å². The van der Waals surface area contributed by atoms with Gasteiger partial charge in [0.25, 0.3) is 0 Å². The highest BCUT2D eigenvalue weighted by atomic mass is 79.9. The molecule has 100 valence electrons. The van der Waals surface area contributed by atoms with Crippen LogP contribution in [0.4, 0.5) is 4.39 Å². The van der Waals surface area contributed by atoms with Gasteiger partial charge in [-0.3, -0.25) is 0 Å². The van der Waals surface area contributed by atoms with E-state index in [1.807, 2.05) is 12.1 Å². The summed E-state index contributed by atoms with van der Waals surface area (Å²) in [6, 6.07) is 5.21. The molecule has 1 aromatic carbocycles. The Morgan fingerprint density at radius 2 is 1.83 bits per heavy atom. The smallest absolute Gasteiger partial charge is 0.127 e. The van der Waals surface area contributed by atoms with Crippen LogP contribution in [0.3, 0.4) is 0 Å². The van der Waals surface area contributed by atoms with Crippen molar-refractivity contribution < 1.29 is 4.39 Å². The highest BCUT2D eigenvalue weighted by Gasteiger charge is 2.66. The maximum Gasteiger partial charge on any atom is 0.127 e. The highest BCUT2D eigenvalue weighted by molar-refractivity contribution is 9.10. The van der Waals surface area contributed by atoms with E-state index in [2.05, 4.69) is 43.6 Å². The van der Waals surface area contributed by atoms with Crippen LogP contribution in [0.25, 0.3) is 0 Å². The third-order valence-corrected chi connectivity index (χ3v) is 5.52. The fourth-order valence-corrected chi connectivity index (χ4v) is 3.71. The summed E-state index contributed by atoms with van der Waals surface area (Å²) >= 11 is 3.27. The number of rotatable bonds is 3. The summed E-state index contributed by atoms with van der Waals surface area (Å²) in [5.74, 6) is 0.282. The summed E-state index contributed by atoms with van der Waals surface area (Å²) in [6.07, 6.45) is 0.608. The third-order valence-electron chi connectivity index (χ3n) is 5.03. The van der Waals surface area contributed by atoms with Crippen LogP contribution >= 0.6 is 15.9 Å². The predicted molar refractivity (Wildman–Crippen MR) is 76.8 cm³/mol. The molecule has 0 bridgehead atoms. The lowest BCUT2D eigenvalue weighted by Gasteiger charge is -2.14. The quantitative estimate of drug-likeness (QED) is 0.891. The summed E-state index contributed by atoms with van der Waals surface area (Å²) < 4.78 is 14.6. The van der Waals surface area contributed by atoms with Crippen LogP contribution in [0, 0.1) is 22.6 Å². The fourth-order valence-electron chi connectivity index (χ4n) is 3.38. The van der Waals surface area contributed by atoms with Crippen molar-refractivity contribution in [2.24, 2.45) is 22.5 Å². The molecule has 0 aromatic heterocycles. The molecule has 0 radical (unpaired) electrons.